The molecule has 0 aromatic heterocycles. The van der Waals surface area contributed by atoms with Gasteiger partial charge >= 0.3 is 0 Å². The zero-order valence-electron chi connectivity index (χ0n) is 11.7. The lowest BCUT2D eigenvalue weighted by molar-refractivity contribution is -0.0378. The molecular weight excluding hydrogens is 242 g/mol. The number of ether oxygens (including phenoxy) is 3. The summed E-state index contributed by atoms with van der Waals surface area (Å²) in [4.78, 5) is 0. The molecule has 4 nitrogen and oxygen atoms in total. The molecule has 0 saturated carbocycles. The second-order valence-corrected chi connectivity index (χ2v) is 4.76. The van der Waals surface area contributed by atoms with Crippen LogP contribution in [0.15, 0.2) is 24.3 Å². The highest BCUT2D eigenvalue weighted by Crippen LogP contribution is 2.20. The summed E-state index contributed by atoms with van der Waals surface area (Å²) in [5, 5.41) is 3.30. The van der Waals surface area contributed by atoms with Gasteiger partial charge < -0.3 is 19.5 Å². The number of nitrogens with one attached hydrogen (secondary N) is 1. The van der Waals surface area contributed by atoms with Crippen molar-refractivity contribution in [2.24, 2.45) is 0 Å². The van der Waals surface area contributed by atoms with Crippen molar-refractivity contribution in [1.82, 2.24) is 5.32 Å². The summed E-state index contributed by atoms with van der Waals surface area (Å²) in [5.41, 5.74) is 1.19. The molecule has 0 spiro atoms. The fourth-order valence-corrected chi connectivity index (χ4v) is 2.28. The first-order chi connectivity index (χ1) is 9.33. The van der Waals surface area contributed by atoms with Gasteiger partial charge in [0.05, 0.1) is 25.9 Å². The van der Waals surface area contributed by atoms with E-state index < -0.39 is 0 Å². The van der Waals surface area contributed by atoms with Crippen molar-refractivity contribution in [2.75, 3.05) is 34.0 Å². The molecule has 19 heavy (non-hydrogen) atoms. The molecule has 1 aromatic rings. The minimum absolute atomic E-state index is 0.193. The van der Waals surface area contributed by atoms with E-state index in [0.29, 0.717) is 12.7 Å². The molecular formula is C15H23NO3. The molecule has 1 aliphatic heterocycles. The summed E-state index contributed by atoms with van der Waals surface area (Å²) in [5.74, 6) is 0.879. The number of hydrogen-bond donors (Lipinski definition) is 1. The van der Waals surface area contributed by atoms with Gasteiger partial charge in [0.25, 0.3) is 0 Å². The lowest BCUT2D eigenvalue weighted by Crippen LogP contribution is -2.28. The Bertz CT molecular complexity index is 377. The van der Waals surface area contributed by atoms with Gasteiger partial charge in [-0.2, -0.15) is 0 Å². The maximum atomic E-state index is 5.98. The van der Waals surface area contributed by atoms with Crippen molar-refractivity contribution in [1.29, 1.82) is 0 Å². The Morgan fingerprint density at radius 1 is 1.37 bits per heavy atom. The van der Waals surface area contributed by atoms with Crippen LogP contribution in [0.3, 0.4) is 0 Å². The predicted molar refractivity (Wildman–Crippen MR) is 74.6 cm³/mol. The van der Waals surface area contributed by atoms with Crippen molar-refractivity contribution in [2.45, 2.75) is 25.0 Å². The standard InChI is InChI=1S/C15H23NO3/c1-16-15(11-19-13-6-8-18-9-7-13)12-4-3-5-14(10-12)17-2/h3-5,10,13,15-16H,6-9,11H2,1-2H3. The molecule has 1 fully saturated rings. The molecule has 1 aromatic carbocycles. The number of likely N-dealkylation sites (N-methyl/N-ethyl adjacent to an activating group) is 1. The van der Waals surface area contributed by atoms with Crippen molar-refractivity contribution >= 4 is 0 Å². The lowest BCUT2D eigenvalue weighted by atomic mass is 10.1. The molecule has 4 heteroatoms. The Morgan fingerprint density at radius 3 is 2.84 bits per heavy atom. The molecule has 0 aliphatic carbocycles. The van der Waals surface area contributed by atoms with E-state index in [9.17, 15) is 0 Å². The normalized spacial score (nSPS) is 18.2. The number of methoxy groups -OCH3 is 1. The Balaban J connectivity index is 1.91. The summed E-state index contributed by atoms with van der Waals surface area (Å²) in [6, 6.07) is 8.30. The molecule has 0 bridgehead atoms. The molecule has 0 radical (unpaired) electrons. The van der Waals surface area contributed by atoms with E-state index in [0.717, 1.165) is 31.8 Å². The van der Waals surface area contributed by atoms with E-state index in [2.05, 4.69) is 17.4 Å². The quantitative estimate of drug-likeness (QED) is 0.855. The molecule has 1 atom stereocenters. The Morgan fingerprint density at radius 2 is 2.16 bits per heavy atom. The highest BCUT2D eigenvalue weighted by molar-refractivity contribution is 5.30. The van der Waals surface area contributed by atoms with E-state index in [1.165, 1.54) is 5.56 Å². The van der Waals surface area contributed by atoms with E-state index in [4.69, 9.17) is 14.2 Å². The maximum Gasteiger partial charge on any atom is 0.119 e. The Hall–Kier alpha value is -1.10. The first-order valence-electron chi connectivity index (χ1n) is 6.84. The Labute approximate surface area is 115 Å². The minimum atomic E-state index is 0.193. The summed E-state index contributed by atoms with van der Waals surface area (Å²) in [6.07, 6.45) is 2.32. The molecule has 1 saturated heterocycles. The first-order valence-corrected chi connectivity index (χ1v) is 6.84. The van der Waals surface area contributed by atoms with Crippen LogP contribution in [0.1, 0.15) is 24.4 Å². The molecule has 1 N–H and O–H groups in total. The highest BCUT2D eigenvalue weighted by atomic mass is 16.5. The minimum Gasteiger partial charge on any atom is -0.497 e. The molecule has 1 unspecified atom stereocenters. The van der Waals surface area contributed by atoms with Crippen molar-refractivity contribution in [3.05, 3.63) is 29.8 Å². The first kappa shape index (κ1) is 14.3. The topological polar surface area (TPSA) is 39.7 Å². The van der Waals surface area contributed by atoms with Gasteiger partial charge in [-0.1, -0.05) is 12.1 Å². The fourth-order valence-electron chi connectivity index (χ4n) is 2.28. The van der Waals surface area contributed by atoms with Crippen LogP contribution >= 0.6 is 0 Å². The second kappa shape index (κ2) is 7.48. The smallest absolute Gasteiger partial charge is 0.119 e. The summed E-state index contributed by atoms with van der Waals surface area (Å²) in [6.45, 7) is 2.30. The average Bonchev–Trinajstić information content (AvgIpc) is 2.49. The fraction of sp³-hybridized carbons (Fsp3) is 0.600. The van der Waals surface area contributed by atoms with Gasteiger partial charge in [0.2, 0.25) is 0 Å². The van der Waals surface area contributed by atoms with Gasteiger partial charge in [0, 0.05) is 13.2 Å². The molecule has 0 amide bonds. The number of benzene rings is 1. The SMILES string of the molecule is CNC(COC1CCOCC1)c1cccc(OC)c1. The van der Waals surface area contributed by atoms with Crippen molar-refractivity contribution in [3.63, 3.8) is 0 Å². The van der Waals surface area contributed by atoms with E-state index in [1.54, 1.807) is 7.11 Å². The van der Waals surface area contributed by atoms with Crippen LogP contribution in [0.25, 0.3) is 0 Å². The largest absolute Gasteiger partial charge is 0.497 e. The van der Waals surface area contributed by atoms with Gasteiger partial charge in [-0.05, 0) is 37.6 Å². The molecule has 1 heterocycles. The third-order valence-corrected chi connectivity index (χ3v) is 3.51. The van der Waals surface area contributed by atoms with Crippen LogP contribution in [-0.4, -0.2) is 40.1 Å². The number of hydrogen-bond acceptors (Lipinski definition) is 4. The summed E-state index contributed by atoms with van der Waals surface area (Å²) < 4.78 is 16.6. The molecule has 106 valence electrons. The van der Waals surface area contributed by atoms with Crippen LogP contribution in [0.4, 0.5) is 0 Å². The van der Waals surface area contributed by atoms with Crippen LogP contribution < -0.4 is 10.1 Å². The number of rotatable bonds is 6. The molecule has 2 rings (SSSR count). The zero-order chi connectivity index (χ0) is 13.5. The zero-order valence-corrected chi connectivity index (χ0v) is 11.7. The van der Waals surface area contributed by atoms with E-state index in [-0.39, 0.29) is 6.04 Å². The third-order valence-electron chi connectivity index (χ3n) is 3.51. The summed E-state index contributed by atoms with van der Waals surface area (Å²) >= 11 is 0. The van der Waals surface area contributed by atoms with Gasteiger partial charge in [-0.3, -0.25) is 0 Å². The second-order valence-electron chi connectivity index (χ2n) is 4.76. The molecule has 1 aliphatic rings. The van der Waals surface area contributed by atoms with Crippen LogP contribution in [0, 0.1) is 0 Å². The van der Waals surface area contributed by atoms with Crippen LogP contribution in [-0.2, 0) is 9.47 Å². The predicted octanol–water partition coefficient (Wildman–Crippen LogP) is 2.15. The van der Waals surface area contributed by atoms with E-state index in [1.807, 2.05) is 19.2 Å². The van der Waals surface area contributed by atoms with Crippen molar-refractivity contribution in [3.8, 4) is 5.75 Å². The van der Waals surface area contributed by atoms with Crippen LogP contribution in [0.2, 0.25) is 0 Å². The Kier molecular flexibility index (Phi) is 5.63. The van der Waals surface area contributed by atoms with Gasteiger partial charge in [-0.25, -0.2) is 0 Å². The van der Waals surface area contributed by atoms with Gasteiger partial charge in [0.15, 0.2) is 0 Å². The van der Waals surface area contributed by atoms with Crippen molar-refractivity contribution < 1.29 is 14.2 Å². The monoisotopic (exact) mass is 265 g/mol. The van der Waals surface area contributed by atoms with Crippen LogP contribution in [0.5, 0.6) is 5.75 Å². The maximum absolute atomic E-state index is 5.98. The third kappa shape index (κ3) is 4.20. The lowest BCUT2D eigenvalue weighted by Gasteiger charge is -2.25. The van der Waals surface area contributed by atoms with Gasteiger partial charge in [-0.15, -0.1) is 0 Å². The van der Waals surface area contributed by atoms with E-state index >= 15 is 0 Å². The van der Waals surface area contributed by atoms with Gasteiger partial charge in [0.1, 0.15) is 5.75 Å². The summed E-state index contributed by atoms with van der Waals surface area (Å²) in [7, 11) is 3.64. The highest BCUT2D eigenvalue weighted by Gasteiger charge is 2.17. The average molecular weight is 265 g/mol.